The minimum absolute atomic E-state index is 0.285. The van der Waals surface area contributed by atoms with Crippen LogP contribution in [0.4, 0.5) is 10.5 Å². The quantitative estimate of drug-likeness (QED) is 0.469. The molecule has 0 spiro atoms. The third kappa shape index (κ3) is 3.89. The lowest BCUT2D eigenvalue weighted by molar-refractivity contribution is 0.251. The SMILES string of the molecule is COc1cc2c(cc1NC(=O)NCCCn1nc(C)cc1C)oc1ccccc12. The molecule has 0 bridgehead atoms. The number of rotatable bonds is 6. The molecule has 2 heterocycles. The van der Waals surface area contributed by atoms with Crippen LogP contribution in [0, 0.1) is 13.8 Å². The largest absolute Gasteiger partial charge is 0.495 e. The molecular weight excluding hydrogens is 368 g/mol. The summed E-state index contributed by atoms with van der Waals surface area (Å²) in [5, 5.41) is 12.1. The van der Waals surface area contributed by atoms with Crippen molar-refractivity contribution >= 4 is 33.7 Å². The highest BCUT2D eigenvalue weighted by molar-refractivity contribution is 6.07. The van der Waals surface area contributed by atoms with Gasteiger partial charge in [0.2, 0.25) is 0 Å². The fourth-order valence-electron chi connectivity index (χ4n) is 3.52. The van der Waals surface area contributed by atoms with Crippen LogP contribution in [0.2, 0.25) is 0 Å². The number of hydrogen-bond donors (Lipinski definition) is 2. The van der Waals surface area contributed by atoms with Crippen molar-refractivity contribution in [3.63, 3.8) is 0 Å². The summed E-state index contributed by atoms with van der Waals surface area (Å²) < 4.78 is 13.3. The molecular formula is C22H24N4O3. The molecule has 4 aromatic rings. The lowest BCUT2D eigenvalue weighted by Gasteiger charge is -2.11. The number of aryl methyl sites for hydroxylation is 3. The third-order valence-corrected chi connectivity index (χ3v) is 4.88. The number of nitrogens with one attached hydrogen (secondary N) is 2. The van der Waals surface area contributed by atoms with Crippen LogP contribution in [-0.4, -0.2) is 29.5 Å². The Kier molecular flexibility index (Phi) is 5.12. The van der Waals surface area contributed by atoms with Gasteiger partial charge >= 0.3 is 6.03 Å². The Morgan fingerprint density at radius 3 is 2.72 bits per heavy atom. The minimum Gasteiger partial charge on any atom is -0.495 e. The van der Waals surface area contributed by atoms with Gasteiger partial charge in [0, 0.05) is 35.6 Å². The molecule has 0 unspecified atom stereocenters. The normalized spacial score (nSPS) is 11.1. The summed E-state index contributed by atoms with van der Waals surface area (Å²) >= 11 is 0. The standard InChI is InChI=1S/C22H24N4O3/c1-14-11-15(2)26(25-14)10-6-9-23-22(27)24-18-13-20-17(12-21(18)28-3)16-7-4-5-8-19(16)29-20/h4-5,7-8,11-13H,6,9-10H2,1-3H3,(H2,23,24,27). The lowest BCUT2D eigenvalue weighted by Crippen LogP contribution is -2.30. The van der Waals surface area contributed by atoms with Gasteiger partial charge in [-0.2, -0.15) is 5.10 Å². The Morgan fingerprint density at radius 1 is 1.14 bits per heavy atom. The molecule has 2 N–H and O–H groups in total. The smallest absolute Gasteiger partial charge is 0.319 e. The molecule has 150 valence electrons. The fourth-order valence-corrected chi connectivity index (χ4v) is 3.52. The van der Waals surface area contributed by atoms with Gasteiger partial charge < -0.3 is 19.8 Å². The second kappa shape index (κ2) is 7.87. The highest BCUT2D eigenvalue weighted by atomic mass is 16.5. The van der Waals surface area contributed by atoms with Gasteiger partial charge in [0.1, 0.15) is 16.9 Å². The number of nitrogens with zero attached hydrogens (tertiary/aromatic N) is 2. The van der Waals surface area contributed by atoms with Crippen molar-refractivity contribution in [3.05, 3.63) is 53.9 Å². The van der Waals surface area contributed by atoms with Crippen LogP contribution in [0.25, 0.3) is 21.9 Å². The number of para-hydroxylation sites is 1. The molecule has 7 heteroatoms. The Balaban J connectivity index is 1.42. The number of hydrogen-bond acceptors (Lipinski definition) is 4. The monoisotopic (exact) mass is 392 g/mol. The average Bonchev–Trinajstić information content (AvgIpc) is 3.22. The summed E-state index contributed by atoms with van der Waals surface area (Å²) in [6, 6.07) is 13.3. The number of benzene rings is 2. The lowest BCUT2D eigenvalue weighted by atomic mass is 10.1. The van der Waals surface area contributed by atoms with Gasteiger partial charge in [0.05, 0.1) is 18.5 Å². The van der Waals surface area contributed by atoms with Crippen LogP contribution in [0.1, 0.15) is 17.8 Å². The summed E-state index contributed by atoms with van der Waals surface area (Å²) in [7, 11) is 1.58. The maximum Gasteiger partial charge on any atom is 0.319 e. The average molecular weight is 392 g/mol. The number of anilines is 1. The maximum atomic E-state index is 12.3. The van der Waals surface area contributed by atoms with E-state index in [1.165, 1.54) is 0 Å². The van der Waals surface area contributed by atoms with Crippen molar-refractivity contribution in [2.45, 2.75) is 26.8 Å². The molecule has 2 aromatic heterocycles. The predicted octanol–water partition coefficient (Wildman–Crippen LogP) is 4.62. The van der Waals surface area contributed by atoms with E-state index < -0.39 is 0 Å². The molecule has 0 saturated carbocycles. The zero-order chi connectivity index (χ0) is 20.4. The second-order valence-electron chi connectivity index (χ2n) is 7.03. The molecule has 4 rings (SSSR count). The second-order valence-corrected chi connectivity index (χ2v) is 7.03. The summed E-state index contributed by atoms with van der Waals surface area (Å²) in [5.74, 6) is 0.585. The number of carbonyl (C=O) groups is 1. The topological polar surface area (TPSA) is 81.3 Å². The summed E-state index contributed by atoms with van der Waals surface area (Å²) in [6.07, 6.45) is 0.787. The van der Waals surface area contributed by atoms with Gasteiger partial charge in [-0.05, 0) is 38.5 Å². The first-order valence-electron chi connectivity index (χ1n) is 9.60. The fraction of sp³-hybridized carbons (Fsp3) is 0.273. The van der Waals surface area contributed by atoms with Gasteiger partial charge in [-0.25, -0.2) is 4.79 Å². The Bertz CT molecular complexity index is 1180. The van der Waals surface area contributed by atoms with Crippen molar-refractivity contribution in [1.29, 1.82) is 0 Å². The number of carbonyl (C=O) groups excluding carboxylic acids is 1. The molecule has 0 saturated heterocycles. The van der Waals surface area contributed by atoms with E-state index in [2.05, 4.69) is 15.7 Å². The van der Waals surface area contributed by atoms with Crippen molar-refractivity contribution in [2.24, 2.45) is 0 Å². The van der Waals surface area contributed by atoms with Crippen molar-refractivity contribution in [2.75, 3.05) is 19.0 Å². The number of ether oxygens (including phenoxy) is 1. The van der Waals surface area contributed by atoms with Crippen LogP contribution in [0.15, 0.2) is 46.9 Å². The highest BCUT2D eigenvalue weighted by Crippen LogP contribution is 2.36. The number of furan rings is 1. The molecule has 0 aliphatic heterocycles. The van der Waals surface area contributed by atoms with E-state index in [9.17, 15) is 4.79 Å². The van der Waals surface area contributed by atoms with E-state index in [4.69, 9.17) is 9.15 Å². The molecule has 2 amide bonds. The maximum absolute atomic E-state index is 12.3. The van der Waals surface area contributed by atoms with Crippen LogP contribution in [0.5, 0.6) is 5.75 Å². The van der Waals surface area contributed by atoms with Crippen LogP contribution in [0.3, 0.4) is 0 Å². The van der Waals surface area contributed by atoms with Gasteiger partial charge in [-0.1, -0.05) is 18.2 Å². The number of aromatic nitrogens is 2. The zero-order valence-electron chi connectivity index (χ0n) is 16.8. The summed E-state index contributed by atoms with van der Waals surface area (Å²) in [6.45, 7) is 5.30. The number of fused-ring (bicyclic) bond motifs is 3. The summed E-state index contributed by atoms with van der Waals surface area (Å²) in [5.41, 5.74) is 4.19. The molecule has 0 radical (unpaired) electrons. The van der Waals surface area contributed by atoms with Crippen molar-refractivity contribution in [1.82, 2.24) is 15.1 Å². The molecule has 0 atom stereocenters. The Hall–Kier alpha value is -3.48. The predicted molar refractivity (Wildman–Crippen MR) is 114 cm³/mol. The van der Waals surface area contributed by atoms with E-state index in [-0.39, 0.29) is 6.03 Å². The number of methoxy groups -OCH3 is 1. The van der Waals surface area contributed by atoms with E-state index >= 15 is 0 Å². The molecule has 7 nitrogen and oxygen atoms in total. The summed E-state index contributed by atoms with van der Waals surface area (Å²) in [4.78, 5) is 12.3. The van der Waals surface area contributed by atoms with E-state index in [0.29, 0.717) is 23.6 Å². The van der Waals surface area contributed by atoms with E-state index in [0.717, 1.165) is 40.7 Å². The number of urea groups is 1. The first-order valence-corrected chi connectivity index (χ1v) is 9.60. The van der Waals surface area contributed by atoms with Gasteiger partial charge in [0.25, 0.3) is 0 Å². The minimum atomic E-state index is -0.285. The Labute approximate surface area is 168 Å². The van der Waals surface area contributed by atoms with Crippen LogP contribution < -0.4 is 15.4 Å². The third-order valence-electron chi connectivity index (χ3n) is 4.88. The Morgan fingerprint density at radius 2 is 1.97 bits per heavy atom. The first kappa shape index (κ1) is 18.9. The molecule has 0 aliphatic carbocycles. The molecule has 0 aliphatic rings. The van der Waals surface area contributed by atoms with E-state index in [1.807, 2.05) is 54.9 Å². The highest BCUT2D eigenvalue weighted by Gasteiger charge is 2.14. The first-order chi connectivity index (χ1) is 14.0. The van der Waals surface area contributed by atoms with E-state index in [1.54, 1.807) is 13.2 Å². The number of amides is 2. The molecule has 0 fully saturated rings. The van der Waals surface area contributed by atoms with Gasteiger partial charge in [0.15, 0.2) is 0 Å². The van der Waals surface area contributed by atoms with Gasteiger partial charge in [-0.3, -0.25) is 4.68 Å². The molecule has 2 aromatic carbocycles. The van der Waals surface area contributed by atoms with Gasteiger partial charge in [-0.15, -0.1) is 0 Å². The van der Waals surface area contributed by atoms with Crippen LogP contribution in [-0.2, 0) is 6.54 Å². The molecule has 29 heavy (non-hydrogen) atoms. The van der Waals surface area contributed by atoms with Crippen molar-refractivity contribution < 1.29 is 13.9 Å². The van der Waals surface area contributed by atoms with Crippen LogP contribution >= 0.6 is 0 Å². The zero-order valence-corrected chi connectivity index (χ0v) is 16.8. The van der Waals surface area contributed by atoms with Crippen molar-refractivity contribution in [3.8, 4) is 5.75 Å².